The van der Waals surface area contributed by atoms with E-state index >= 15 is 0 Å². The van der Waals surface area contributed by atoms with E-state index in [4.69, 9.17) is 34.1 Å². The van der Waals surface area contributed by atoms with Gasteiger partial charge in [-0.3, -0.25) is 0 Å². The topological polar surface area (TPSA) is 67.2 Å². The first-order valence-corrected chi connectivity index (χ1v) is 7.15. The van der Waals surface area contributed by atoms with Crippen LogP contribution in [0.2, 0.25) is 0 Å². The summed E-state index contributed by atoms with van der Waals surface area (Å²) in [4.78, 5) is 9.88. The predicted molar refractivity (Wildman–Crippen MR) is 90.2 cm³/mol. The summed E-state index contributed by atoms with van der Waals surface area (Å²) in [5.41, 5.74) is 1.63. The number of hydrogen-bond acceptors (Lipinski definition) is 6. The molecule has 0 spiro atoms. The van der Waals surface area contributed by atoms with Gasteiger partial charge < -0.3 is 20.3 Å². The largest absolute Gasteiger partial charge is 0.345 e. The lowest BCUT2D eigenvalue weighted by molar-refractivity contribution is 0.317. The second-order valence-corrected chi connectivity index (χ2v) is 5.14. The van der Waals surface area contributed by atoms with E-state index < -0.39 is 0 Å². The molecule has 0 aromatic carbocycles. The second-order valence-electron chi connectivity index (χ2n) is 4.40. The van der Waals surface area contributed by atoms with Crippen molar-refractivity contribution in [1.82, 2.24) is 10.6 Å². The van der Waals surface area contributed by atoms with Crippen molar-refractivity contribution in [2.45, 2.75) is 40.5 Å². The molecule has 0 radical (unpaired) electrons. The Morgan fingerprint density at radius 1 is 0.800 bits per heavy atom. The van der Waals surface area contributed by atoms with Crippen LogP contribution in [0.25, 0.3) is 0 Å². The van der Waals surface area contributed by atoms with Gasteiger partial charge in [-0.2, -0.15) is 0 Å². The Balaban J connectivity index is 3.49. The normalized spacial score (nSPS) is 9.20. The van der Waals surface area contributed by atoms with Crippen LogP contribution in [0, 0.1) is 0 Å². The molecule has 20 heavy (non-hydrogen) atoms. The molecule has 0 atom stereocenters. The summed E-state index contributed by atoms with van der Waals surface area (Å²) in [6.45, 7) is 8.79. The Labute approximate surface area is 130 Å². The van der Waals surface area contributed by atoms with Crippen LogP contribution in [0.5, 0.6) is 0 Å². The smallest absolute Gasteiger partial charge is 0.289 e. The van der Waals surface area contributed by atoms with Crippen LogP contribution < -0.4 is 10.6 Å². The molecule has 0 saturated heterocycles. The number of hydrogen-bond donors (Lipinski definition) is 2. The third-order valence-corrected chi connectivity index (χ3v) is 2.20. The summed E-state index contributed by atoms with van der Waals surface area (Å²) >= 11 is 9.88. The molecule has 0 bridgehead atoms. The van der Waals surface area contributed by atoms with Gasteiger partial charge in [-0.1, -0.05) is 10.3 Å². The second kappa shape index (κ2) is 11.5. The lowest BCUT2D eigenvalue weighted by Gasteiger charge is -2.07. The zero-order chi connectivity index (χ0) is 15.4. The molecule has 0 saturated carbocycles. The fourth-order valence-corrected chi connectivity index (χ4v) is 1.24. The molecule has 0 fully saturated rings. The molecule has 0 unspecified atom stereocenters. The molecular weight excluding hydrogens is 296 g/mol. The number of nitrogens with one attached hydrogen (secondary N) is 2. The summed E-state index contributed by atoms with van der Waals surface area (Å²) in [6.07, 6.45) is 1.84. The van der Waals surface area contributed by atoms with Crippen LogP contribution in [0.1, 0.15) is 40.5 Å². The van der Waals surface area contributed by atoms with Crippen LogP contribution in [0.4, 0.5) is 0 Å². The van der Waals surface area contributed by atoms with Gasteiger partial charge in [0.1, 0.15) is 0 Å². The maximum atomic E-state index is 4.94. The maximum absolute atomic E-state index is 4.94. The first-order chi connectivity index (χ1) is 9.41. The minimum absolute atomic E-state index is 0.283. The average Bonchev–Trinajstić information content (AvgIpc) is 2.37. The van der Waals surface area contributed by atoms with Gasteiger partial charge in [-0.25, -0.2) is 0 Å². The third kappa shape index (κ3) is 13.2. The number of unbranched alkanes of at least 4 members (excludes halogenated alkanes) is 1. The van der Waals surface area contributed by atoms with E-state index in [1.807, 2.05) is 27.7 Å². The Kier molecular flexibility index (Phi) is 10.8. The van der Waals surface area contributed by atoms with Crippen molar-refractivity contribution in [1.29, 1.82) is 0 Å². The Hall–Kier alpha value is -1.28. The zero-order valence-electron chi connectivity index (χ0n) is 12.4. The van der Waals surface area contributed by atoms with Crippen molar-refractivity contribution in [3.63, 3.8) is 0 Å². The number of thiocarbonyl (C=S) groups is 2. The molecule has 0 heterocycles. The monoisotopic (exact) mass is 318 g/mol. The molecule has 0 aliphatic carbocycles. The molecular formula is C12H22N4O2S2. The van der Waals surface area contributed by atoms with Crippen LogP contribution in [-0.4, -0.2) is 34.9 Å². The predicted octanol–water partition coefficient (Wildman–Crippen LogP) is 2.34. The molecule has 0 rings (SSSR count). The van der Waals surface area contributed by atoms with Gasteiger partial charge in [0.05, 0.1) is 11.4 Å². The quantitative estimate of drug-likeness (QED) is 0.325. The number of rotatable bonds is 7. The van der Waals surface area contributed by atoms with E-state index in [1.54, 1.807) is 0 Å². The van der Waals surface area contributed by atoms with Gasteiger partial charge in [-0.15, -0.1) is 0 Å². The highest BCUT2D eigenvalue weighted by Crippen LogP contribution is 1.89. The Bertz CT molecular complexity index is 340. The molecule has 8 heteroatoms. The summed E-state index contributed by atoms with van der Waals surface area (Å²) in [5.74, 6) is 0. The van der Waals surface area contributed by atoms with Gasteiger partial charge in [0.2, 0.25) is 0 Å². The van der Waals surface area contributed by atoms with E-state index in [0.717, 1.165) is 37.4 Å². The molecule has 0 aliphatic heterocycles. The molecule has 0 aromatic rings. The van der Waals surface area contributed by atoms with E-state index in [-0.39, 0.29) is 10.3 Å². The number of nitrogens with zero attached hydrogens (tertiary/aromatic N) is 2. The third-order valence-electron chi connectivity index (χ3n) is 1.76. The van der Waals surface area contributed by atoms with Crippen molar-refractivity contribution in [3.8, 4) is 0 Å². The fraction of sp³-hybridized carbons (Fsp3) is 0.667. The van der Waals surface area contributed by atoms with E-state index in [2.05, 4.69) is 20.9 Å². The van der Waals surface area contributed by atoms with Crippen LogP contribution in [0.15, 0.2) is 10.3 Å². The minimum Gasteiger partial charge on any atom is -0.345 e. The van der Waals surface area contributed by atoms with E-state index in [1.165, 1.54) is 0 Å². The van der Waals surface area contributed by atoms with E-state index in [0.29, 0.717) is 0 Å². The Morgan fingerprint density at radius 3 is 1.45 bits per heavy atom. The molecule has 0 amide bonds. The highest BCUT2D eigenvalue weighted by molar-refractivity contribution is 7.80. The van der Waals surface area contributed by atoms with Crippen molar-refractivity contribution in [2.24, 2.45) is 10.3 Å². The van der Waals surface area contributed by atoms with Crippen LogP contribution in [0.3, 0.4) is 0 Å². The molecule has 2 N–H and O–H groups in total. The van der Waals surface area contributed by atoms with E-state index in [9.17, 15) is 0 Å². The fourth-order valence-electron chi connectivity index (χ4n) is 0.961. The summed E-state index contributed by atoms with van der Waals surface area (Å²) in [5, 5.41) is 14.0. The maximum Gasteiger partial charge on any atom is 0.289 e. The van der Waals surface area contributed by atoms with Crippen molar-refractivity contribution in [2.75, 3.05) is 13.1 Å². The zero-order valence-corrected chi connectivity index (χ0v) is 14.0. The average molecular weight is 318 g/mol. The minimum atomic E-state index is 0.283. The van der Waals surface area contributed by atoms with Gasteiger partial charge in [-0.05, 0) is 65.0 Å². The summed E-state index contributed by atoms with van der Waals surface area (Å²) < 4.78 is 0. The van der Waals surface area contributed by atoms with Crippen molar-refractivity contribution < 1.29 is 9.68 Å². The van der Waals surface area contributed by atoms with Crippen LogP contribution >= 0.6 is 24.4 Å². The lowest BCUT2D eigenvalue weighted by Crippen LogP contribution is -2.26. The molecule has 6 nitrogen and oxygen atoms in total. The first-order valence-electron chi connectivity index (χ1n) is 6.34. The highest BCUT2D eigenvalue weighted by Gasteiger charge is 1.98. The Morgan fingerprint density at radius 2 is 1.15 bits per heavy atom. The van der Waals surface area contributed by atoms with Crippen LogP contribution in [-0.2, 0) is 9.68 Å². The van der Waals surface area contributed by atoms with Gasteiger partial charge in [0.15, 0.2) is 0 Å². The molecule has 114 valence electrons. The lowest BCUT2D eigenvalue weighted by atomic mass is 10.3. The highest BCUT2D eigenvalue weighted by atomic mass is 32.1. The SMILES string of the molecule is CC(C)=NOC(=S)NCCCCNC(=S)ON=C(C)C. The van der Waals surface area contributed by atoms with Gasteiger partial charge in [0.25, 0.3) is 10.3 Å². The molecule has 0 aromatic heterocycles. The van der Waals surface area contributed by atoms with Gasteiger partial charge in [0, 0.05) is 13.1 Å². The van der Waals surface area contributed by atoms with Crippen molar-refractivity contribution >= 4 is 46.2 Å². The standard InChI is InChI=1S/C12H22N4O2S2/c1-9(2)15-17-11(19)13-7-5-6-8-14-12(20)18-16-10(3)4/h5-8H2,1-4H3,(H,13,19)(H,14,20). The van der Waals surface area contributed by atoms with Crippen molar-refractivity contribution in [3.05, 3.63) is 0 Å². The first kappa shape index (κ1) is 18.7. The van der Waals surface area contributed by atoms with Gasteiger partial charge >= 0.3 is 0 Å². The summed E-state index contributed by atoms with van der Waals surface area (Å²) in [7, 11) is 0. The summed E-state index contributed by atoms with van der Waals surface area (Å²) in [6, 6.07) is 0. The number of oxime groups is 2. The molecule has 0 aliphatic rings.